The maximum absolute atomic E-state index is 13.8. The van der Waals surface area contributed by atoms with Crippen molar-refractivity contribution in [1.82, 2.24) is 15.1 Å². The van der Waals surface area contributed by atoms with Gasteiger partial charge in [0.25, 0.3) is 5.91 Å². The van der Waals surface area contributed by atoms with Gasteiger partial charge in [-0.25, -0.2) is 4.68 Å². The van der Waals surface area contributed by atoms with Gasteiger partial charge in [0.2, 0.25) is 0 Å². The molecule has 0 radical (unpaired) electrons. The van der Waals surface area contributed by atoms with Gasteiger partial charge in [0.05, 0.1) is 23.4 Å². The van der Waals surface area contributed by atoms with Crippen LogP contribution >= 0.6 is 0 Å². The molecule has 1 heterocycles. The Kier molecular flexibility index (Phi) is 7.28. The van der Waals surface area contributed by atoms with Crippen LogP contribution in [0.15, 0.2) is 85.1 Å². The Morgan fingerprint density at radius 3 is 2.14 bits per heavy atom. The number of halogens is 3. The molecule has 4 aromatic rings. The number of benzene rings is 3. The van der Waals surface area contributed by atoms with Crippen molar-refractivity contribution in [1.29, 1.82) is 0 Å². The number of para-hydroxylation sites is 1. The Hall–Kier alpha value is -4.60. The summed E-state index contributed by atoms with van der Waals surface area (Å²) in [5.41, 5.74) is 0.850. The lowest BCUT2D eigenvalue weighted by atomic mass is 10.0. The molecule has 0 aliphatic rings. The number of hydrogen-bond donors (Lipinski definition) is 1. The van der Waals surface area contributed by atoms with Crippen molar-refractivity contribution in [2.75, 3.05) is 0 Å². The molecule has 1 amide bonds. The quantitative estimate of drug-likeness (QED) is 0.388. The number of aliphatic carboxylic acids is 1. The van der Waals surface area contributed by atoms with Gasteiger partial charge < -0.3 is 20.0 Å². The van der Waals surface area contributed by atoms with E-state index in [1.165, 1.54) is 19.1 Å². The molecule has 1 N–H and O–H groups in total. The van der Waals surface area contributed by atoms with E-state index in [0.717, 1.165) is 17.3 Å². The van der Waals surface area contributed by atoms with Crippen LogP contribution in [0.4, 0.5) is 13.2 Å². The number of carboxylic acid groups (broad SMARTS) is 1. The number of carboxylic acids is 1. The Balaban J connectivity index is 1.44. The minimum atomic E-state index is -4.79. The van der Waals surface area contributed by atoms with E-state index in [4.69, 9.17) is 4.74 Å². The first-order valence-electron chi connectivity index (χ1n) is 11.2. The topological polar surface area (TPSA) is 96.3 Å². The molecule has 10 heteroatoms. The average Bonchev–Trinajstić information content (AvgIpc) is 3.35. The van der Waals surface area contributed by atoms with Crippen LogP contribution in [0.2, 0.25) is 0 Å². The molecule has 0 saturated heterocycles. The van der Waals surface area contributed by atoms with Crippen molar-refractivity contribution in [2.24, 2.45) is 0 Å². The van der Waals surface area contributed by atoms with Gasteiger partial charge >= 0.3 is 6.18 Å². The third-order valence-electron chi connectivity index (χ3n) is 5.52. The van der Waals surface area contributed by atoms with Crippen LogP contribution in [0.3, 0.4) is 0 Å². The van der Waals surface area contributed by atoms with E-state index >= 15 is 0 Å². The molecule has 7 nitrogen and oxygen atoms in total. The molecular weight excluding hydrogens is 487 g/mol. The van der Waals surface area contributed by atoms with Gasteiger partial charge in [-0.05, 0) is 47.9 Å². The minimum Gasteiger partial charge on any atom is -0.546 e. The number of nitrogens with one attached hydrogen (secondary N) is 1. The first-order chi connectivity index (χ1) is 17.6. The van der Waals surface area contributed by atoms with Gasteiger partial charge in [0, 0.05) is 6.54 Å². The number of hydrogen-bond acceptors (Lipinski definition) is 5. The lowest BCUT2D eigenvalue weighted by molar-refractivity contribution is -0.312. The van der Waals surface area contributed by atoms with E-state index in [1.54, 1.807) is 66.7 Å². The van der Waals surface area contributed by atoms with Crippen molar-refractivity contribution in [3.05, 3.63) is 102 Å². The number of carbonyl (C=O) groups is 2. The first kappa shape index (κ1) is 25.5. The van der Waals surface area contributed by atoms with Gasteiger partial charge in [-0.2, -0.15) is 18.3 Å². The zero-order valence-electron chi connectivity index (χ0n) is 19.5. The SMILES string of the molecule is CC(Oc1ccc(-c2ccc(CNC(=O)c3cnn(-c4ccccc4)c3C(F)(F)F)cc2)cc1)C(=O)[O-]. The molecular formula is C27H21F3N3O4-. The second kappa shape index (κ2) is 10.6. The third kappa shape index (κ3) is 5.97. The molecule has 0 spiro atoms. The third-order valence-corrected chi connectivity index (χ3v) is 5.52. The number of nitrogens with zero attached hydrogens (tertiary/aromatic N) is 2. The van der Waals surface area contributed by atoms with Gasteiger partial charge in [0.1, 0.15) is 11.9 Å². The Bertz CT molecular complexity index is 1380. The molecule has 0 bridgehead atoms. The maximum Gasteiger partial charge on any atom is 0.434 e. The van der Waals surface area contributed by atoms with Crippen molar-refractivity contribution in [3.8, 4) is 22.6 Å². The lowest BCUT2D eigenvalue weighted by Crippen LogP contribution is -2.37. The molecule has 0 fully saturated rings. The molecule has 190 valence electrons. The van der Waals surface area contributed by atoms with Crippen LogP contribution in [-0.2, 0) is 17.5 Å². The van der Waals surface area contributed by atoms with Crippen molar-refractivity contribution < 1.29 is 32.6 Å². The normalized spacial score (nSPS) is 12.1. The first-order valence-corrected chi connectivity index (χ1v) is 11.2. The van der Waals surface area contributed by atoms with E-state index in [0.29, 0.717) is 16.0 Å². The molecule has 37 heavy (non-hydrogen) atoms. The highest BCUT2D eigenvalue weighted by molar-refractivity contribution is 5.95. The molecule has 0 aliphatic heterocycles. The van der Waals surface area contributed by atoms with Crippen LogP contribution in [0, 0.1) is 0 Å². The fourth-order valence-corrected chi connectivity index (χ4v) is 3.62. The zero-order valence-corrected chi connectivity index (χ0v) is 19.5. The van der Waals surface area contributed by atoms with E-state index in [9.17, 15) is 27.9 Å². The summed E-state index contributed by atoms with van der Waals surface area (Å²) in [5.74, 6) is -1.82. The molecule has 4 rings (SSSR count). The molecule has 3 aromatic carbocycles. The largest absolute Gasteiger partial charge is 0.546 e. The summed E-state index contributed by atoms with van der Waals surface area (Å²) >= 11 is 0. The summed E-state index contributed by atoms with van der Waals surface area (Å²) in [6, 6.07) is 21.7. The minimum absolute atomic E-state index is 0.0147. The molecule has 0 aliphatic carbocycles. The summed E-state index contributed by atoms with van der Waals surface area (Å²) in [5, 5.41) is 17.1. The highest BCUT2D eigenvalue weighted by Crippen LogP contribution is 2.33. The van der Waals surface area contributed by atoms with Gasteiger partial charge in [-0.3, -0.25) is 4.79 Å². The lowest BCUT2D eigenvalue weighted by Gasteiger charge is -2.15. The van der Waals surface area contributed by atoms with E-state index in [2.05, 4.69) is 10.4 Å². The number of amides is 1. The predicted molar refractivity (Wildman–Crippen MR) is 127 cm³/mol. The molecule has 1 aromatic heterocycles. The monoisotopic (exact) mass is 508 g/mol. The second-order valence-electron chi connectivity index (χ2n) is 8.14. The summed E-state index contributed by atoms with van der Waals surface area (Å²) < 4.78 is 47.4. The number of alkyl halides is 3. The summed E-state index contributed by atoms with van der Waals surface area (Å²) in [7, 11) is 0. The highest BCUT2D eigenvalue weighted by Gasteiger charge is 2.40. The van der Waals surface area contributed by atoms with E-state index < -0.39 is 35.4 Å². The second-order valence-corrected chi connectivity index (χ2v) is 8.14. The van der Waals surface area contributed by atoms with Crippen LogP contribution in [0.1, 0.15) is 28.5 Å². The van der Waals surface area contributed by atoms with Crippen LogP contribution < -0.4 is 15.2 Å². The number of carbonyl (C=O) groups excluding carboxylic acids is 2. The van der Waals surface area contributed by atoms with Crippen LogP contribution in [0.5, 0.6) is 5.75 Å². The Labute approximate surface area is 210 Å². The number of rotatable bonds is 8. The smallest absolute Gasteiger partial charge is 0.434 e. The van der Waals surface area contributed by atoms with Crippen LogP contribution in [0.25, 0.3) is 16.8 Å². The maximum atomic E-state index is 13.8. The Morgan fingerprint density at radius 1 is 0.973 bits per heavy atom. The van der Waals surface area contributed by atoms with Crippen LogP contribution in [-0.4, -0.2) is 27.8 Å². The summed E-state index contributed by atoms with van der Waals surface area (Å²) in [6.07, 6.45) is -4.96. The fourth-order valence-electron chi connectivity index (χ4n) is 3.62. The molecule has 0 saturated carbocycles. The van der Waals surface area contributed by atoms with Gasteiger partial charge in [-0.15, -0.1) is 0 Å². The van der Waals surface area contributed by atoms with E-state index in [1.807, 2.05) is 0 Å². The van der Waals surface area contributed by atoms with E-state index in [-0.39, 0.29) is 12.2 Å². The summed E-state index contributed by atoms with van der Waals surface area (Å²) in [4.78, 5) is 23.5. The predicted octanol–water partition coefficient (Wildman–Crippen LogP) is 4.01. The van der Waals surface area contributed by atoms with Crippen molar-refractivity contribution in [2.45, 2.75) is 25.7 Å². The molecule has 1 unspecified atom stereocenters. The number of aromatic nitrogens is 2. The van der Waals surface area contributed by atoms with Gasteiger partial charge in [-0.1, -0.05) is 54.6 Å². The fraction of sp³-hybridized carbons (Fsp3) is 0.148. The van der Waals surface area contributed by atoms with Crippen molar-refractivity contribution in [3.63, 3.8) is 0 Å². The zero-order chi connectivity index (χ0) is 26.6. The van der Waals surface area contributed by atoms with Crippen molar-refractivity contribution >= 4 is 11.9 Å². The standard InChI is InChI=1S/C27H22F3N3O4/c1-17(26(35)36)37-22-13-11-20(12-14-22)19-9-7-18(8-10-19)15-31-25(34)23-16-32-33(24(23)27(28,29)30)21-5-3-2-4-6-21/h2-14,16-17H,15H2,1H3,(H,31,34)(H,35,36)/p-1. The number of ether oxygens (including phenoxy) is 1. The average molecular weight is 508 g/mol. The highest BCUT2D eigenvalue weighted by atomic mass is 19.4. The summed E-state index contributed by atoms with van der Waals surface area (Å²) in [6.45, 7) is 1.39. The Morgan fingerprint density at radius 2 is 1.57 bits per heavy atom. The molecule has 1 atom stereocenters. The van der Waals surface area contributed by atoms with Gasteiger partial charge in [0.15, 0.2) is 5.69 Å².